The van der Waals surface area contributed by atoms with Crippen molar-refractivity contribution in [2.45, 2.75) is 147 Å². The van der Waals surface area contributed by atoms with Crippen LogP contribution in [-0.4, -0.2) is 51.5 Å². The Kier molecular flexibility index (Phi) is 11.9. The summed E-state index contributed by atoms with van der Waals surface area (Å²) >= 11 is 0. The molecule has 374 valence electrons. The highest BCUT2D eigenvalue weighted by molar-refractivity contribution is 5.94. The summed E-state index contributed by atoms with van der Waals surface area (Å²) in [5.41, 5.74) is 11.6. The second-order valence-electron chi connectivity index (χ2n) is 25.8. The quantitative estimate of drug-likeness (QED) is 0.0471. The molecule has 11 unspecified atom stereocenters. The van der Waals surface area contributed by atoms with E-state index >= 15 is 0 Å². The number of carbonyl (C=O) groups excluding carboxylic acids is 3. The molecule has 12 saturated carbocycles. The third kappa shape index (κ3) is 8.15. The summed E-state index contributed by atoms with van der Waals surface area (Å²) in [6, 6.07) is 23.5. The standard InChI is InChI=1S/C58H76N6O6/c1-35(60-30-37-4-10-45(11-5-37)52(66)63-69)19-54-20-41-15-42(21-54)25-55(24-41,32-54)50-48-18-43-26-56(28-48,33-58(50,27-43)61-31-38-6-12-46(13-7-38)53(67)64-70)49-47-16-39-14-40(17-47)23-57(49,22-39)34-59-29-36-2-8-44(9-3-36)51(65)62-68/h2-13,35,39-43,47-50,59-61,68-70H,14-34H2,1H3,(H,62,65)(H,63,66)(H,64,67). The summed E-state index contributed by atoms with van der Waals surface area (Å²) in [5.74, 6) is 5.47. The summed E-state index contributed by atoms with van der Waals surface area (Å²) in [6.45, 7) is 5.77. The third-order valence-corrected chi connectivity index (χ3v) is 21.2. The first-order chi connectivity index (χ1) is 33.8. The van der Waals surface area contributed by atoms with E-state index in [-0.39, 0.29) is 5.54 Å². The lowest BCUT2D eigenvalue weighted by Gasteiger charge is -2.77. The molecule has 12 bridgehead atoms. The van der Waals surface area contributed by atoms with Crippen LogP contribution in [0.2, 0.25) is 0 Å². The van der Waals surface area contributed by atoms with Gasteiger partial charge in [0.25, 0.3) is 17.7 Å². The second-order valence-corrected chi connectivity index (χ2v) is 25.8. The van der Waals surface area contributed by atoms with E-state index in [4.69, 9.17) is 5.21 Å². The van der Waals surface area contributed by atoms with Gasteiger partial charge < -0.3 is 16.0 Å². The van der Waals surface area contributed by atoms with E-state index < -0.39 is 17.7 Å². The minimum Gasteiger partial charge on any atom is -0.312 e. The zero-order valence-electron chi connectivity index (χ0n) is 41.1. The summed E-state index contributed by atoms with van der Waals surface area (Å²) in [6.07, 6.45) is 23.2. The highest BCUT2D eigenvalue weighted by atomic mass is 16.5. The largest absolute Gasteiger partial charge is 0.312 e. The van der Waals surface area contributed by atoms with Gasteiger partial charge in [0.15, 0.2) is 0 Å². The second kappa shape index (κ2) is 17.8. The molecule has 3 aromatic rings. The van der Waals surface area contributed by atoms with Gasteiger partial charge in [0, 0.05) is 54.5 Å². The van der Waals surface area contributed by atoms with Gasteiger partial charge in [0.05, 0.1) is 0 Å². The number of benzene rings is 3. The number of hydrogen-bond acceptors (Lipinski definition) is 9. The first kappa shape index (κ1) is 46.9. The van der Waals surface area contributed by atoms with E-state index in [2.05, 4.69) is 35.0 Å². The number of carbonyl (C=O) groups is 3. The zero-order chi connectivity index (χ0) is 48.0. The van der Waals surface area contributed by atoms with E-state index in [0.29, 0.717) is 50.3 Å². The van der Waals surface area contributed by atoms with Crippen LogP contribution in [0, 0.1) is 74.9 Å². The van der Waals surface area contributed by atoms with Crippen LogP contribution in [0.25, 0.3) is 0 Å². The van der Waals surface area contributed by atoms with Crippen LogP contribution in [0.15, 0.2) is 72.8 Å². The maximum atomic E-state index is 12.4. The van der Waals surface area contributed by atoms with Crippen molar-refractivity contribution >= 4 is 17.7 Å². The molecule has 0 saturated heterocycles. The number of rotatable bonds is 17. The van der Waals surface area contributed by atoms with E-state index in [1.165, 1.54) is 120 Å². The molecule has 0 radical (unpaired) electrons. The summed E-state index contributed by atoms with van der Waals surface area (Å²) in [4.78, 5) is 36.4. The average molecular weight is 953 g/mol. The van der Waals surface area contributed by atoms with Crippen LogP contribution >= 0.6 is 0 Å². The molecule has 9 N–H and O–H groups in total. The van der Waals surface area contributed by atoms with Gasteiger partial charge in [0.1, 0.15) is 0 Å². The number of nitrogens with one attached hydrogen (secondary N) is 6. The SMILES string of the molecule is CC(CC12CC3CC(C1)CC(C1C4CC5CC(C6C7CC8CC(C7)CC6(CNCc6ccc(C(=O)NO)cc6)C8)(C4)CC1(NCc1ccc(C(=O)NO)cc1)C5)(C3)C2)NCc1ccc(C(=O)NO)cc1. The molecule has 11 atom stereocenters. The predicted octanol–water partition coefficient (Wildman–Crippen LogP) is 9.09. The summed E-state index contributed by atoms with van der Waals surface area (Å²) < 4.78 is 0. The highest BCUT2D eigenvalue weighted by Crippen LogP contribution is 2.79. The van der Waals surface area contributed by atoms with Crippen molar-refractivity contribution in [1.29, 1.82) is 0 Å². The molecule has 12 aliphatic carbocycles. The molecule has 3 amide bonds. The number of hydrogen-bond donors (Lipinski definition) is 9. The van der Waals surface area contributed by atoms with Crippen LogP contribution in [0.4, 0.5) is 0 Å². The fourth-order valence-electron chi connectivity index (χ4n) is 20.9. The molecule has 3 aromatic carbocycles. The Morgan fingerprint density at radius 2 is 1.01 bits per heavy atom. The van der Waals surface area contributed by atoms with Gasteiger partial charge in [0.2, 0.25) is 0 Å². The molecule has 12 aliphatic rings. The Morgan fingerprint density at radius 3 is 1.57 bits per heavy atom. The lowest BCUT2D eigenvalue weighted by Crippen LogP contribution is -2.75. The smallest absolute Gasteiger partial charge is 0.274 e. The van der Waals surface area contributed by atoms with Gasteiger partial charge in [-0.05, 0) is 244 Å². The Hall–Kier alpha value is -4.17. The van der Waals surface area contributed by atoms with E-state index in [9.17, 15) is 24.8 Å². The number of amides is 3. The molecule has 12 nitrogen and oxygen atoms in total. The minimum atomic E-state index is -0.489. The fraction of sp³-hybridized carbons (Fsp3) is 0.638. The summed E-state index contributed by atoms with van der Waals surface area (Å²) in [5, 5.41) is 40.2. The molecular formula is C58H76N6O6. The fourth-order valence-corrected chi connectivity index (χ4v) is 20.9. The molecule has 0 aliphatic heterocycles. The van der Waals surface area contributed by atoms with Crippen molar-refractivity contribution in [3.05, 3.63) is 106 Å². The summed E-state index contributed by atoms with van der Waals surface area (Å²) in [7, 11) is 0. The molecule has 0 heterocycles. The van der Waals surface area contributed by atoms with Crippen molar-refractivity contribution in [3.8, 4) is 0 Å². The van der Waals surface area contributed by atoms with Crippen molar-refractivity contribution < 1.29 is 30.0 Å². The lowest BCUT2D eigenvalue weighted by molar-refractivity contribution is -0.260. The zero-order valence-corrected chi connectivity index (χ0v) is 41.1. The molecule has 70 heavy (non-hydrogen) atoms. The van der Waals surface area contributed by atoms with Crippen molar-refractivity contribution in [1.82, 2.24) is 32.4 Å². The monoisotopic (exact) mass is 953 g/mol. The Balaban J connectivity index is 0.844. The lowest BCUT2D eigenvalue weighted by atomic mass is 9.29. The van der Waals surface area contributed by atoms with Gasteiger partial charge in [-0.3, -0.25) is 30.0 Å². The predicted molar refractivity (Wildman–Crippen MR) is 264 cm³/mol. The average Bonchev–Trinajstić information content (AvgIpc) is 3.33. The molecule has 12 fully saturated rings. The van der Waals surface area contributed by atoms with Crippen molar-refractivity contribution in [2.75, 3.05) is 6.54 Å². The van der Waals surface area contributed by atoms with Crippen LogP contribution in [-0.2, 0) is 19.6 Å². The van der Waals surface area contributed by atoms with Crippen molar-refractivity contribution in [2.24, 2.45) is 74.9 Å². The van der Waals surface area contributed by atoms with Crippen LogP contribution in [0.3, 0.4) is 0 Å². The molecule has 12 heteroatoms. The Morgan fingerprint density at radius 1 is 0.529 bits per heavy atom. The molecule has 0 spiro atoms. The first-order valence-electron chi connectivity index (χ1n) is 27.1. The van der Waals surface area contributed by atoms with E-state index in [0.717, 1.165) is 79.1 Å². The van der Waals surface area contributed by atoms with Gasteiger partial charge in [-0.2, -0.15) is 0 Å². The topological polar surface area (TPSA) is 184 Å². The third-order valence-electron chi connectivity index (χ3n) is 21.2. The Labute approximate surface area is 413 Å². The normalized spacial score (nSPS) is 39.5. The van der Waals surface area contributed by atoms with Gasteiger partial charge >= 0.3 is 0 Å². The highest BCUT2D eigenvalue weighted by Gasteiger charge is 2.74. The van der Waals surface area contributed by atoms with Gasteiger partial charge in [-0.15, -0.1) is 0 Å². The molecule has 15 rings (SSSR count). The van der Waals surface area contributed by atoms with Gasteiger partial charge in [-0.25, -0.2) is 16.4 Å². The minimum absolute atomic E-state index is 0.0485. The van der Waals surface area contributed by atoms with Crippen molar-refractivity contribution in [3.63, 3.8) is 0 Å². The van der Waals surface area contributed by atoms with Crippen LogP contribution in [0.1, 0.15) is 164 Å². The van der Waals surface area contributed by atoms with E-state index in [1.807, 2.05) is 54.0 Å². The first-order valence-corrected chi connectivity index (χ1v) is 27.1. The van der Waals surface area contributed by atoms with E-state index in [1.54, 1.807) is 23.1 Å². The van der Waals surface area contributed by atoms with Crippen LogP contribution in [0.5, 0.6) is 0 Å². The molecular weight excluding hydrogens is 877 g/mol. The number of hydroxylamine groups is 3. The Bertz CT molecular complexity index is 2440. The maximum absolute atomic E-state index is 12.4. The molecule has 0 aromatic heterocycles. The maximum Gasteiger partial charge on any atom is 0.274 e. The van der Waals surface area contributed by atoms with Gasteiger partial charge in [-0.1, -0.05) is 36.4 Å². The van der Waals surface area contributed by atoms with Crippen LogP contribution < -0.4 is 32.4 Å².